The van der Waals surface area contributed by atoms with E-state index in [1.165, 1.54) is 27.7 Å². The minimum atomic E-state index is -3.45. The van der Waals surface area contributed by atoms with Gasteiger partial charge in [0.05, 0.1) is 0 Å². The van der Waals surface area contributed by atoms with Gasteiger partial charge in [0.2, 0.25) is 23.6 Å². The van der Waals surface area contributed by atoms with E-state index >= 15 is 0 Å². The third-order valence-corrected chi connectivity index (χ3v) is 4.36. The SMILES string of the molecule is CC(=O)N[Si](NC(C)=O)(NC(C)=O)NC(C)=O. The molecule has 0 heterocycles. The third kappa shape index (κ3) is 6.30. The van der Waals surface area contributed by atoms with E-state index in [-0.39, 0.29) is 0 Å². The first-order valence-corrected chi connectivity index (χ1v) is 6.82. The maximum Gasteiger partial charge on any atom is 0.501 e. The first-order valence-electron chi connectivity index (χ1n) is 4.82. The summed E-state index contributed by atoms with van der Waals surface area (Å²) in [6.45, 7) is 4.86. The monoisotopic (exact) mass is 260 g/mol. The maximum atomic E-state index is 11.1. The highest BCUT2D eigenvalue weighted by atomic mass is 28.4. The van der Waals surface area contributed by atoms with Crippen LogP contribution in [0.25, 0.3) is 0 Å². The van der Waals surface area contributed by atoms with E-state index in [0.29, 0.717) is 0 Å². The van der Waals surface area contributed by atoms with Crippen LogP contribution in [0.1, 0.15) is 27.7 Å². The third-order valence-electron chi connectivity index (χ3n) is 1.45. The van der Waals surface area contributed by atoms with Gasteiger partial charge in [0.1, 0.15) is 0 Å². The molecule has 0 saturated carbocycles. The highest BCUT2D eigenvalue weighted by molar-refractivity contribution is 6.78. The number of hydrogen-bond acceptors (Lipinski definition) is 4. The van der Waals surface area contributed by atoms with E-state index < -0.39 is 32.3 Å². The van der Waals surface area contributed by atoms with Crippen molar-refractivity contribution in [1.82, 2.24) is 19.9 Å². The van der Waals surface area contributed by atoms with Gasteiger partial charge >= 0.3 is 8.72 Å². The molecule has 0 atom stereocenters. The van der Waals surface area contributed by atoms with Crippen molar-refractivity contribution in [3.05, 3.63) is 0 Å². The minimum absolute atomic E-state index is 0.479. The van der Waals surface area contributed by atoms with Gasteiger partial charge in [-0.3, -0.25) is 19.2 Å². The molecule has 0 aliphatic rings. The van der Waals surface area contributed by atoms with Gasteiger partial charge in [-0.2, -0.15) is 0 Å². The van der Waals surface area contributed by atoms with E-state index in [4.69, 9.17) is 0 Å². The number of hydrogen-bond donors (Lipinski definition) is 4. The smallest absolute Gasteiger partial charge is 0.331 e. The van der Waals surface area contributed by atoms with Crippen molar-refractivity contribution in [2.45, 2.75) is 27.7 Å². The summed E-state index contributed by atoms with van der Waals surface area (Å²) in [5.74, 6) is -1.92. The first-order chi connectivity index (χ1) is 7.67. The van der Waals surface area contributed by atoms with Crippen molar-refractivity contribution >= 4 is 32.3 Å². The van der Waals surface area contributed by atoms with Gasteiger partial charge in [-0.05, 0) is 0 Å². The predicted octanol–water partition coefficient (Wildman–Crippen LogP) is -2.03. The number of rotatable bonds is 4. The second-order valence-electron chi connectivity index (χ2n) is 3.47. The van der Waals surface area contributed by atoms with Gasteiger partial charge in [-0.15, -0.1) is 0 Å². The van der Waals surface area contributed by atoms with E-state index in [9.17, 15) is 19.2 Å². The molecule has 0 aromatic carbocycles. The molecule has 0 aliphatic heterocycles. The fourth-order valence-corrected chi connectivity index (χ4v) is 3.73. The Bertz CT molecular complexity index is 288. The Morgan fingerprint density at radius 2 is 0.765 bits per heavy atom. The van der Waals surface area contributed by atoms with Crippen molar-refractivity contribution in [2.75, 3.05) is 0 Å². The van der Waals surface area contributed by atoms with Crippen LogP contribution in [0.15, 0.2) is 0 Å². The van der Waals surface area contributed by atoms with Crippen LogP contribution in [-0.2, 0) is 19.2 Å². The zero-order valence-electron chi connectivity index (χ0n) is 10.1. The topological polar surface area (TPSA) is 116 Å². The van der Waals surface area contributed by atoms with Crippen LogP contribution in [0.4, 0.5) is 0 Å². The summed E-state index contributed by atoms with van der Waals surface area (Å²) in [5, 5.41) is 0. The van der Waals surface area contributed by atoms with Crippen molar-refractivity contribution < 1.29 is 19.2 Å². The number of nitrogens with one attached hydrogen (secondary N) is 4. The molecule has 0 bridgehead atoms. The van der Waals surface area contributed by atoms with E-state index in [0.717, 1.165) is 0 Å². The average molecular weight is 260 g/mol. The molecule has 9 heteroatoms. The lowest BCUT2D eigenvalue weighted by Crippen LogP contribution is -2.83. The second-order valence-corrected chi connectivity index (χ2v) is 5.97. The molecule has 0 rings (SSSR count). The zero-order valence-corrected chi connectivity index (χ0v) is 11.1. The van der Waals surface area contributed by atoms with Gasteiger partial charge in [0, 0.05) is 27.7 Å². The summed E-state index contributed by atoms with van der Waals surface area (Å²) >= 11 is 0. The van der Waals surface area contributed by atoms with Crippen LogP contribution < -0.4 is 19.9 Å². The quantitative estimate of drug-likeness (QED) is 0.436. The van der Waals surface area contributed by atoms with Crippen molar-refractivity contribution in [2.24, 2.45) is 0 Å². The lowest BCUT2D eigenvalue weighted by molar-refractivity contribution is -0.118. The van der Waals surface area contributed by atoms with Crippen LogP contribution in [0, 0.1) is 0 Å². The van der Waals surface area contributed by atoms with Crippen molar-refractivity contribution in [1.29, 1.82) is 0 Å². The highest BCUT2D eigenvalue weighted by Gasteiger charge is 2.41. The van der Waals surface area contributed by atoms with Crippen LogP contribution in [0.3, 0.4) is 0 Å². The highest BCUT2D eigenvalue weighted by Crippen LogP contribution is 1.86. The van der Waals surface area contributed by atoms with Gasteiger partial charge < -0.3 is 19.9 Å². The Balaban J connectivity index is 5.16. The second kappa shape index (κ2) is 5.99. The molecule has 4 N–H and O–H groups in total. The zero-order chi connectivity index (χ0) is 13.6. The Kier molecular flexibility index (Phi) is 5.32. The van der Waals surface area contributed by atoms with E-state index in [2.05, 4.69) is 19.9 Å². The molecule has 0 radical (unpaired) electrons. The van der Waals surface area contributed by atoms with Gasteiger partial charge in [-0.25, -0.2) is 0 Å². The summed E-state index contributed by atoms with van der Waals surface area (Å²) in [5.41, 5.74) is 0. The summed E-state index contributed by atoms with van der Waals surface area (Å²) in [6, 6.07) is 0. The minimum Gasteiger partial charge on any atom is -0.331 e. The Morgan fingerprint density at radius 1 is 0.588 bits per heavy atom. The largest absolute Gasteiger partial charge is 0.501 e. The fourth-order valence-electron chi connectivity index (χ4n) is 1.24. The summed E-state index contributed by atoms with van der Waals surface area (Å²) < 4.78 is 0. The van der Waals surface area contributed by atoms with Gasteiger partial charge in [-0.1, -0.05) is 0 Å². The fraction of sp³-hybridized carbons (Fsp3) is 0.500. The number of carbonyl (C=O) groups excluding carboxylic acids is 4. The van der Waals surface area contributed by atoms with Gasteiger partial charge in [0.15, 0.2) is 0 Å². The van der Waals surface area contributed by atoms with Crippen LogP contribution in [0.5, 0.6) is 0 Å². The van der Waals surface area contributed by atoms with Crippen LogP contribution in [-0.4, -0.2) is 32.3 Å². The summed E-state index contributed by atoms with van der Waals surface area (Å²) in [4.78, 5) is 53.9. The predicted molar refractivity (Wildman–Crippen MR) is 61.0 cm³/mol. The number of amides is 4. The molecule has 4 amide bonds. The summed E-state index contributed by atoms with van der Waals surface area (Å²) in [6.07, 6.45) is 0. The molecule has 0 aromatic rings. The molecule has 0 saturated heterocycles. The van der Waals surface area contributed by atoms with E-state index in [1.54, 1.807) is 0 Å². The van der Waals surface area contributed by atoms with Crippen LogP contribution in [0.2, 0.25) is 0 Å². The molecule has 0 fully saturated rings. The standard InChI is InChI=1S/C8H16N4O4Si/c1-5(13)9-17(10-6(2)14,11-7(3)15)12-8(4)16/h1-4H3,(H,9,13)(H,10,14)(H,11,15)(H,12,16). The van der Waals surface area contributed by atoms with Crippen LogP contribution >= 0.6 is 0 Å². The average Bonchev–Trinajstić information content (AvgIpc) is 1.95. The van der Waals surface area contributed by atoms with Crippen molar-refractivity contribution in [3.63, 3.8) is 0 Å². The van der Waals surface area contributed by atoms with Gasteiger partial charge in [0.25, 0.3) is 0 Å². The lowest BCUT2D eigenvalue weighted by atomic mass is 10.8. The van der Waals surface area contributed by atoms with Crippen molar-refractivity contribution in [3.8, 4) is 0 Å². The lowest BCUT2D eigenvalue weighted by Gasteiger charge is -2.30. The Hall–Kier alpha value is -1.90. The molecule has 8 nitrogen and oxygen atoms in total. The number of carbonyl (C=O) groups is 4. The first kappa shape index (κ1) is 15.1. The summed E-state index contributed by atoms with van der Waals surface area (Å²) in [7, 11) is -3.45. The Labute approximate surface area is 99.8 Å². The molecule has 0 unspecified atom stereocenters. The molecule has 0 aromatic heterocycles. The molecule has 17 heavy (non-hydrogen) atoms. The Morgan fingerprint density at radius 3 is 0.882 bits per heavy atom. The molecule has 96 valence electrons. The molecule has 0 spiro atoms. The van der Waals surface area contributed by atoms with E-state index in [1.807, 2.05) is 0 Å². The normalized spacial score (nSPS) is 10.1. The molecular formula is C8H16N4O4Si. The molecular weight excluding hydrogens is 244 g/mol. The molecule has 0 aliphatic carbocycles. The maximum absolute atomic E-state index is 11.1.